The average molecular weight is 380 g/mol. The van der Waals surface area contributed by atoms with Crippen molar-refractivity contribution in [2.45, 2.75) is 31.8 Å². The molecular weight excluding hydrogens is 360 g/mol. The molecule has 2 unspecified atom stereocenters. The van der Waals surface area contributed by atoms with Crippen LogP contribution in [0.3, 0.4) is 0 Å². The molecule has 1 rings (SSSR count). The van der Waals surface area contributed by atoms with Crippen molar-refractivity contribution >= 4 is 40.2 Å². The van der Waals surface area contributed by atoms with E-state index in [0.29, 0.717) is 0 Å². The molecule has 5 nitrogen and oxygen atoms in total. The second kappa shape index (κ2) is 9.76. The number of nitrogens with one attached hydrogen (secondary N) is 1. The Balaban J connectivity index is 0.00000400. The number of benzene rings is 1. The molecule has 0 aliphatic carbocycles. The Morgan fingerprint density at radius 2 is 2.05 bits per heavy atom. The summed E-state index contributed by atoms with van der Waals surface area (Å²) in [5, 5.41) is 2.82. The molecule has 0 heterocycles. The molecule has 0 aliphatic heterocycles. The molecule has 0 aliphatic rings. The lowest BCUT2D eigenvalue weighted by atomic mass is 10.0. The van der Waals surface area contributed by atoms with Crippen molar-refractivity contribution in [1.29, 1.82) is 0 Å². The van der Waals surface area contributed by atoms with Crippen LogP contribution >= 0.6 is 28.3 Å². The van der Waals surface area contributed by atoms with Crippen molar-refractivity contribution < 1.29 is 14.3 Å². The lowest BCUT2D eigenvalue weighted by molar-refractivity contribution is -0.141. The number of hydrogen-bond acceptors (Lipinski definition) is 4. The molecule has 1 amide bonds. The van der Waals surface area contributed by atoms with Crippen molar-refractivity contribution in [2.24, 2.45) is 5.73 Å². The summed E-state index contributed by atoms with van der Waals surface area (Å²) in [5.41, 5.74) is 6.44. The van der Waals surface area contributed by atoms with E-state index in [1.807, 2.05) is 24.3 Å². The minimum absolute atomic E-state index is 0. The molecule has 0 fully saturated rings. The third-order valence-corrected chi connectivity index (χ3v) is 3.19. The molecule has 7 heteroatoms. The van der Waals surface area contributed by atoms with Crippen LogP contribution in [-0.2, 0) is 14.3 Å². The van der Waals surface area contributed by atoms with Gasteiger partial charge in [0, 0.05) is 16.9 Å². The van der Waals surface area contributed by atoms with Gasteiger partial charge in [-0.25, -0.2) is 0 Å². The zero-order valence-corrected chi connectivity index (χ0v) is 14.4. The van der Waals surface area contributed by atoms with Crippen molar-refractivity contribution in [1.82, 2.24) is 5.32 Å². The zero-order valence-electron chi connectivity index (χ0n) is 12.0. The maximum absolute atomic E-state index is 11.8. The van der Waals surface area contributed by atoms with Crippen LogP contribution < -0.4 is 11.1 Å². The van der Waals surface area contributed by atoms with Crippen LogP contribution in [0.25, 0.3) is 0 Å². The fourth-order valence-corrected chi connectivity index (χ4v) is 2.19. The van der Waals surface area contributed by atoms with Crippen LogP contribution in [0.5, 0.6) is 0 Å². The highest BCUT2D eigenvalue weighted by molar-refractivity contribution is 9.10. The zero-order chi connectivity index (χ0) is 15.1. The second-order valence-corrected chi connectivity index (χ2v) is 5.55. The molecule has 0 saturated carbocycles. The van der Waals surface area contributed by atoms with Gasteiger partial charge in [-0.05, 0) is 24.6 Å². The Labute approximate surface area is 139 Å². The van der Waals surface area contributed by atoms with Crippen LogP contribution in [0.1, 0.15) is 31.4 Å². The average Bonchev–Trinajstić information content (AvgIpc) is 2.36. The number of nitrogens with two attached hydrogens (primary N) is 1. The van der Waals surface area contributed by atoms with Crippen molar-refractivity contribution in [3.05, 3.63) is 34.3 Å². The molecule has 3 N–H and O–H groups in total. The first-order valence-corrected chi connectivity index (χ1v) is 7.09. The van der Waals surface area contributed by atoms with Gasteiger partial charge in [-0.15, -0.1) is 12.4 Å². The molecule has 0 spiro atoms. The molecule has 0 bridgehead atoms. The Bertz CT molecular complexity index is 483. The summed E-state index contributed by atoms with van der Waals surface area (Å²) in [6.07, 6.45) is 0.295. The molecule has 0 saturated heterocycles. The fourth-order valence-electron chi connectivity index (χ4n) is 1.77. The van der Waals surface area contributed by atoms with Gasteiger partial charge in [0.05, 0.1) is 19.6 Å². The number of methoxy groups -OCH3 is 1. The third kappa shape index (κ3) is 7.45. The predicted molar refractivity (Wildman–Crippen MR) is 87.2 cm³/mol. The number of halogens is 2. The molecular formula is C14H20BrClN2O3. The Kier molecular flexibility index (Phi) is 9.24. The van der Waals surface area contributed by atoms with Crippen LogP contribution in [0.4, 0.5) is 0 Å². The van der Waals surface area contributed by atoms with E-state index in [4.69, 9.17) is 5.73 Å². The van der Waals surface area contributed by atoms with Crippen LogP contribution in [-0.4, -0.2) is 25.0 Å². The summed E-state index contributed by atoms with van der Waals surface area (Å²) in [4.78, 5) is 23.3. The van der Waals surface area contributed by atoms with E-state index in [-0.39, 0.29) is 43.2 Å². The van der Waals surface area contributed by atoms with E-state index < -0.39 is 6.04 Å². The Hall–Kier alpha value is -1.11. The standard InChI is InChI=1S/C14H19BrN2O3.ClH/c1-9(16)6-13(18)17-12(8-14(19)20-2)10-4-3-5-11(15)7-10;/h3-5,7,9,12H,6,8,16H2,1-2H3,(H,17,18);1H. The van der Waals surface area contributed by atoms with Gasteiger partial charge in [-0.2, -0.15) is 0 Å². The summed E-state index contributed by atoms with van der Waals surface area (Å²) < 4.78 is 5.55. The van der Waals surface area contributed by atoms with Gasteiger partial charge in [0.25, 0.3) is 0 Å². The van der Waals surface area contributed by atoms with Gasteiger partial charge >= 0.3 is 5.97 Å². The highest BCUT2D eigenvalue weighted by Crippen LogP contribution is 2.21. The molecule has 0 radical (unpaired) electrons. The largest absolute Gasteiger partial charge is 0.469 e. The number of amides is 1. The van der Waals surface area contributed by atoms with E-state index in [2.05, 4.69) is 26.0 Å². The van der Waals surface area contributed by atoms with Crippen LogP contribution in [0.2, 0.25) is 0 Å². The van der Waals surface area contributed by atoms with Crippen molar-refractivity contribution in [2.75, 3.05) is 7.11 Å². The third-order valence-electron chi connectivity index (χ3n) is 2.69. The molecule has 1 aromatic carbocycles. The summed E-state index contributed by atoms with van der Waals surface area (Å²) in [5.74, 6) is -0.565. The van der Waals surface area contributed by atoms with Gasteiger partial charge in [0.1, 0.15) is 0 Å². The lowest BCUT2D eigenvalue weighted by Gasteiger charge is -2.19. The van der Waals surface area contributed by atoms with Crippen molar-refractivity contribution in [3.63, 3.8) is 0 Å². The fraction of sp³-hybridized carbons (Fsp3) is 0.429. The SMILES string of the molecule is COC(=O)CC(NC(=O)CC(C)N)c1cccc(Br)c1.Cl. The summed E-state index contributed by atoms with van der Waals surface area (Å²) >= 11 is 3.37. The summed E-state index contributed by atoms with van der Waals surface area (Å²) in [6, 6.07) is 6.79. The minimum atomic E-state index is -0.425. The second-order valence-electron chi connectivity index (χ2n) is 4.64. The molecule has 1 aromatic rings. The summed E-state index contributed by atoms with van der Waals surface area (Å²) in [6.45, 7) is 1.76. The van der Waals surface area contributed by atoms with E-state index in [9.17, 15) is 9.59 Å². The number of ether oxygens (including phenoxy) is 1. The first kappa shape index (κ1) is 19.9. The van der Waals surface area contributed by atoms with E-state index in [1.54, 1.807) is 6.92 Å². The first-order chi connectivity index (χ1) is 9.42. The van der Waals surface area contributed by atoms with E-state index in [1.165, 1.54) is 7.11 Å². The van der Waals surface area contributed by atoms with Crippen LogP contribution in [0.15, 0.2) is 28.7 Å². The highest BCUT2D eigenvalue weighted by Gasteiger charge is 2.19. The Morgan fingerprint density at radius 1 is 1.38 bits per heavy atom. The normalized spacial score (nSPS) is 12.8. The maximum atomic E-state index is 11.8. The van der Waals surface area contributed by atoms with Crippen molar-refractivity contribution in [3.8, 4) is 0 Å². The molecule has 118 valence electrons. The van der Waals surface area contributed by atoms with E-state index >= 15 is 0 Å². The molecule has 21 heavy (non-hydrogen) atoms. The first-order valence-electron chi connectivity index (χ1n) is 6.29. The number of hydrogen-bond donors (Lipinski definition) is 2. The van der Waals surface area contributed by atoms with Gasteiger partial charge in [-0.1, -0.05) is 28.1 Å². The molecule has 0 aromatic heterocycles. The smallest absolute Gasteiger partial charge is 0.307 e. The topological polar surface area (TPSA) is 81.4 Å². The maximum Gasteiger partial charge on any atom is 0.307 e. The van der Waals surface area contributed by atoms with Crippen LogP contribution in [0, 0.1) is 0 Å². The lowest BCUT2D eigenvalue weighted by Crippen LogP contribution is -2.34. The Morgan fingerprint density at radius 3 is 2.57 bits per heavy atom. The number of carbonyl (C=O) groups is 2. The van der Waals surface area contributed by atoms with E-state index in [0.717, 1.165) is 10.0 Å². The van der Waals surface area contributed by atoms with Gasteiger partial charge in [0.2, 0.25) is 5.91 Å². The monoisotopic (exact) mass is 378 g/mol. The van der Waals surface area contributed by atoms with Gasteiger partial charge in [0.15, 0.2) is 0 Å². The number of esters is 1. The number of rotatable bonds is 6. The van der Waals surface area contributed by atoms with Gasteiger partial charge in [-0.3, -0.25) is 9.59 Å². The summed E-state index contributed by atoms with van der Waals surface area (Å²) in [7, 11) is 1.32. The quantitative estimate of drug-likeness (QED) is 0.743. The van der Waals surface area contributed by atoms with Gasteiger partial charge < -0.3 is 15.8 Å². The number of carbonyl (C=O) groups excluding carboxylic acids is 2. The highest BCUT2D eigenvalue weighted by atomic mass is 79.9. The minimum Gasteiger partial charge on any atom is -0.469 e. The predicted octanol–water partition coefficient (Wildman–Crippen LogP) is 2.33. The molecule has 2 atom stereocenters.